The molecule has 16 heavy (non-hydrogen) atoms. The molecule has 1 rings (SSSR count). The fourth-order valence-corrected chi connectivity index (χ4v) is 1.63. The number of ether oxygens (including phenoxy) is 1. The first-order chi connectivity index (χ1) is 7.51. The second-order valence-corrected chi connectivity index (χ2v) is 3.34. The minimum atomic E-state index is -2.92. The molecule has 0 atom stereocenters. The molecule has 0 bridgehead atoms. The molecule has 0 aliphatic heterocycles. The molecule has 0 saturated carbocycles. The van der Waals surface area contributed by atoms with Gasteiger partial charge in [-0.1, -0.05) is 15.9 Å². The van der Waals surface area contributed by atoms with E-state index in [4.69, 9.17) is 0 Å². The number of hydrogen-bond acceptors (Lipinski definition) is 3. The van der Waals surface area contributed by atoms with Crippen LogP contribution in [-0.4, -0.2) is 18.1 Å². The van der Waals surface area contributed by atoms with Gasteiger partial charge < -0.3 is 4.74 Å². The van der Waals surface area contributed by atoms with Gasteiger partial charge in [-0.3, -0.25) is 0 Å². The zero-order valence-electron chi connectivity index (χ0n) is 8.14. The summed E-state index contributed by atoms with van der Waals surface area (Å²) in [7, 11) is 1.03. The van der Waals surface area contributed by atoms with Crippen LogP contribution in [0.15, 0.2) is 6.07 Å². The highest BCUT2D eigenvalue weighted by molar-refractivity contribution is 9.08. The van der Waals surface area contributed by atoms with Gasteiger partial charge in [-0.25, -0.2) is 18.6 Å². The lowest BCUT2D eigenvalue weighted by Crippen LogP contribution is -2.11. The van der Waals surface area contributed by atoms with E-state index >= 15 is 0 Å². The number of methoxy groups -OCH3 is 1. The highest BCUT2D eigenvalue weighted by atomic mass is 79.9. The lowest BCUT2D eigenvalue weighted by atomic mass is 10.1. The van der Waals surface area contributed by atoms with E-state index in [1.54, 1.807) is 0 Å². The van der Waals surface area contributed by atoms with Crippen LogP contribution in [0, 0.1) is 5.95 Å². The van der Waals surface area contributed by atoms with E-state index in [1.807, 2.05) is 0 Å². The third-order valence-corrected chi connectivity index (χ3v) is 2.39. The highest BCUT2D eigenvalue weighted by Gasteiger charge is 2.24. The molecule has 1 heterocycles. The quantitative estimate of drug-likeness (QED) is 0.489. The Hall–Kier alpha value is -1.11. The van der Waals surface area contributed by atoms with Crippen molar-refractivity contribution in [3.8, 4) is 0 Å². The van der Waals surface area contributed by atoms with Crippen molar-refractivity contribution in [2.75, 3.05) is 7.11 Å². The molecule has 3 nitrogen and oxygen atoms in total. The van der Waals surface area contributed by atoms with Gasteiger partial charge in [-0.15, -0.1) is 0 Å². The summed E-state index contributed by atoms with van der Waals surface area (Å²) in [4.78, 5) is 14.5. The molecule has 0 fully saturated rings. The second kappa shape index (κ2) is 5.29. The molecule has 1 aromatic rings. The van der Waals surface area contributed by atoms with Gasteiger partial charge >= 0.3 is 5.97 Å². The Morgan fingerprint density at radius 3 is 2.69 bits per heavy atom. The largest absolute Gasteiger partial charge is 0.465 e. The smallest absolute Gasteiger partial charge is 0.338 e. The molecule has 0 aliphatic rings. The third kappa shape index (κ3) is 2.52. The average Bonchev–Trinajstić information content (AvgIpc) is 2.26. The van der Waals surface area contributed by atoms with Gasteiger partial charge in [0.25, 0.3) is 6.43 Å². The summed E-state index contributed by atoms with van der Waals surface area (Å²) >= 11 is 2.90. The fraction of sp³-hybridized carbons (Fsp3) is 0.333. The van der Waals surface area contributed by atoms with Crippen molar-refractivity contribution in [2.45, 2.75) is 11.8 Å². The van der Waals surface area contributed by atoms with Crippen LogP contribution in [0.5, 0.6) is 0 Å². The van der Waals surface area contributed by atoms with Crippen molar-refractivity contribution in [1.82, 2.24) is 4.98 Å². The van der Waals surface area contributed by atoms with Gasteiger partial charge in [0.2, 0.25) is 5.95 Å². The third-order valence-electron chi connectivity index (χ3n) is 1.86. The number of aromatic nitrogens is 1. The van der Waals surface area contributed by atoms with E-state index in [1.165, 1.54) is 0 Å². The van der Waals surface area contributed by atoms with Gasteiger partial charge in [0.05, 0.1) is 23.9 Å². The number of carbonyl (C=O) groups is 1. The van der Waals surface area contributed by atoms with E-state index in [9.17, 15) is 18.0 Å². The van der Waals surface area contributed by atoms with E-state index in [0.717, 1.165) is 7.11 Å². The molecule has 1 aromatic heterocycles. The van der Waals surface area contributed by atoms with Crippen LogP contribution in [0.4, 0.5) is 13.2 Å². The fourth-order valence-electron chi connectivity index (χ4n) is 1.20. The summed E-state index contributed by atoms with van der Waals surface area (Å²) in [6.07, 6.45) is -2.92. The van der Waals surface area contributed by atoms with Crippen molar-refractivity contribution in [3.63, 3.8) is 0 Å². The van der Waals surface area contributed by atoms with Gasteiger partial charge in [-0.2, -0.15) is 4.39 Å². The number of rotatable bonds is 3. The second-order valence-electron chi connectivity index (χ2n) is 2.78. The molecule has 0 aliphatic carbocycles. The predicted octanol–water partition coefficient (Wildman–Crippen LogP) is 2.84. The lowest BCUT2D eigenvalue weighted by Gasteiger charge is -2.10. The van der Waals surface area contributed by atoms with Crippen molar-refractivity contribution < 1.29 is 22.7 Å². The monoisotopic (exact) mass is 297 g/mol. The normalized spacial score (nSPS) is 10.6. The SMILES string of the molecule is COC(=O)c1cc(F)nc(CBr)c1C(F)F. The zero-order chi connectivity index (χ0) is 12.3. The maximum Gasteiger partial charge on any atom is 0.338 e. The van der Waals surface area contributed by atoms with E-state index in [-0.39, 0.29) is 11.0 Å². The summed E-state index contributed by atoms with van der Waals surface area (Å²) in [5.74, 6) is -2.02. The number of carbonyl (C=O) groups excluding carboxylic acids is 1. The van der Waals surface area contributed by atoms with E-state index < -0.39 is 29.5 Å². The Labute approximate surface area is 97.8 Å². The number of alkyl halides is 3. The molecule has 0 radical (unpaired) electrons. The topological polar surface area (TPSA) is 39.2 Å². The highest BCUT2D eigenvalue weighted by Crippen LogP contribution is 2.28. The number of nitrogens with zero attached hydrogens (tertiary/aromatic N) is 1. The van der Waals surface area contributed by atoms with Crippen molar-refractivity contribution in [3.05, 3.63) is 28.8 Å². The molecule has 0 amide bonds. The van der Waals surface area contributed by atoms with Crippen LogP contribution in [-0.2, 0) is 10.1 Å². The molecular formula is C9H7BrF3NO2. The van der Waals surface area contributed by atoms with Crippen molar-refractivity contribution >= 4 is 21.9 Å². The first-order valence-electron chi connectivity index (χ1n) is 4.13. The summed E-state index contributed by atoms with van der Waals surface area (Å²) in [6.45, 7) is 0. The Balaban J connectivity index is 3.44. The molecule has 0 saturated heterocycles. The van der Waals surface area contributed by atoms with Crippen LogP contribution in [0.1, 0.15) is 28.0 Å². The summed E-state index contributed by atoms with van der Waals surface area (Å²) < 4.78 is 42.7. The average molecular weight is 298 g/mol. The first-order valence-corrected chi connectivity index (χ1v) is 5.25. The van der Waals surface area contributed by atoms with E-state index in [2.05, 4.69) is 25.7 Å². The molecule has 0 spiro atoms. The number of halogens is 4. The molecule has 7 heteroatoms. The standard InChI is InChI=1S/C9H7BrF3NO2/c1-16-9(15)4-2-6(11)14-5(3-10)7(4)8(12)13/h2,8H,3H2,1H3. The summed E-state index contributed by atoms with van der Waals surface area (Å²) in [5, 5.41) is -0.0750. The maximum absolute atomic E-state index is 13.0. The van der Waals surface area contributed by atoms with Crippen LogP contribution in [0.2, 0.25) is 0 Å². The van der Waals surface area contributed by atoms with Crippen LogP contribution in [0.25, 0.3) is 0 Å². The van der Waals surface area contributed by atoms with Gasteiger partial charge in [0.15, 0.2) is 0 Å². The van der Waals surface area contributed by atoms with Gasteiger partial charge in [0, 0.05) is 11.4 Å². The lowest BCUT2D eigenvalue weighted by molar-refractivity contribution is 0.0587. The minimum absolute atomic E-state index is 0.0750. The summed E-state index contributed by atoms with van der Waals surface area (Å²) in [6, 6.07) is 0.638. The van der Waals surface area contributed by atoms with Crippen LogP contribution in [0.3, 0.4) is 0 Å². The van der Waals surface area contributed by atoms with E-state index in [0.29, 0.717) is 6.07 Å². The number of esters is 1. The molecule has 0 unspecified atom stereocenters. The molecule has 0 N–H and O–H groups in total. The molecule has 0 aromatic carbocycles. The maximum atomic E-state index is 13.0. The zero-order valence-corrected chi connectivity index (χ0v) is 9.72. The van der Waals surface area contributed by atoms with Crippen LogP contribution < -0.4 is 0 Å². The Bertz CT molecular complexity index is 412. The Kier molecular flexibility index (Phi) is 4.28. The van der Waals surface area contributed by atoms with Crippen LogP contribution >= 0.6 is 15.9 Å². The number of hydrogen-bond donors (Lipinski definition) is 0. The van der Waals surface area contributed by atoms with Crippen molar-refractivity contribution in [1.29, 1.82) is 0 Å². The molecule has 88 valence electrons. The Morgan fingerprint density at radius 2 is 2.25 bits per heavy atom. The van der Waals surface area contributed by atoms with Crippen molar-refractivity contribution in [2.24, 2.45) is 0 Å². The van der Waals surface area contributed by atoms with Gasteiger partial charge in [0.1, 0.15) is 0 Å². The summed E-state index contributed by atoms with van der Waals surface area (Å²) in [5.41, 5.74) is -1.32. The number of pyridine rings is 1. The molecular weight excluding hydrogens is 291 g/mol. The minimum Gasteiger partial charge on any atom is -0.465 e. The first kappa shape index (κ1) is 13.0. The predicted molar refractivity (Wildman–Crippen MR) is 53.1 cm³/mol. The van der Waals surface area contributed by atoms with Gasteiger partial charge in [-0.05, 0) is 0 Å². The Morgan fingerprint density at radius 1 is 1.62 bits per heavy atom.